The maximum atomic E-state index is 12.2. The molecule has 0 radical (unpaired) electrons. The quantitative estimate of drug-likeness (QED) is 0.582. The van der Waals surface area contributed by atoms with Gasteiger partial charge in [-0.25, -0.2) is 0 Å². The van der Waals surface area contributed by atoms with Crippen molar-refractivity contribution >= 4 is 23.2 Å². The third-order valence-corrected chi connectivity index (χ3v) is 5.16. The lowest BCUT2D eigenvalue weighted by atomic mass is 10.1. The van der Waals surface area contributed by atoms with Gasteiger partial charge in [0.1, 0.15) is 0 Å². The zero-order valence-electron chi connectivity index (χ0n) is 15.9. The maximum Gasteiger partial charge on any atom is 0.252 e. The van der Waals surface area contributed by atoms with Crippen molar-refractivity contribution in [2.75, 3.05) is 20.1 Å². The van der Waals surface area contributed by atoms with E-state index in [9.17, 15) is 9.59 Å². The third-order valence-electron chi connectivity index (χ3n) is 4.47. The minimum atomic E-state index is -0.134. The number of carbonyl (C=O) groups is 2. The molecule has 2 aromatic heterocycles. The molecule has 7 heteroatoms. The summed E-state index contributed by atoms with van der Waals surface area (Å²) in [6.07, 6.45) is 1.97. The number of nitrogens with one attached hydrogen (secondary N) is 2. The average molecular weight is 397 g/mol. The van der Waals surface area contributed by atoms with E-state index in [-0.39, 0.29) is 11.8 Å². The molecule has 0 atom stereocenters. The van der Waals surface area contributed by atoms with E-state index >= 15 is 0 Å². The van der Waals surface area contributed by atoms with E-state index in [1.54, 1.807) is 23.4 Å². The number of rotatable bonds is 9. The lowest BCUT2D eigenvalue weighted by Crippen LogP contribution is -2.32. The third kappa shape index (κ3) is 5.53. The Bertz CT molecular complexity index is 890. The number of carbonyl (C=O) groups excluding carboxylic acids is 2. The van der Waals surface area contributed by atoms with Gasteiger partial charge in [0.05, 0.1) is 5.69 Å². The molecular formula is C21H24N4O2S. The number of benzene rings is 1. The first kappa shape index (κ1) is 19.8. The Balaban J connectivity index is 1.36. The summed E-state index contributed by atoms with van der Waals surface area (Å²) in [7, 11) is 1.80. The van der Waals surface area contributed by atoms with Gasteiger partial charge in [0.2, 0.25) is 5.91 Å². The summed E-state index contributed by atoms with van der Waals surface area (Å²) < 4.78 is 0. The lowest BCUT2D eigenvalue weighted by Gasteiger charge is -2.17. The molecule has 0 aliphatic heterocycles. The molecule has 0 aliphatic carbocycles. The number of aromatic amines is 1. The summed E-state index contributed by atoms with van der Waals surface area (Å²) in [5, 5.41) is 13.8. The van der Waals surface area contributed by atoms with Gasteiger partial charge in [0.25, 0.3) is 5.91 Å². The van der Waals surface area contributed by atoms with E-state index in [4.69, 9.17) is 0 Å². The van der Waals surface area contributed by atoms with Crippen molar-refractivity contribution < 1.29 is 9.59 Å². The van der Waals surface area contributed by atoms with E-state index in [0.717, 1.165) is 29.8 Å². The Morgan fingerprint density at radius 2 is 2.04 bits per heavy atom. The molecule has 2 N–H and O–H groups in total. The zero-order chi connectivity index (χ0) is 19.8. The van der Waals surface area contributed by atoms with Crippen molar-refractivity contribution in [2.45, 2.75) is 19.3 Å². The predicted octanol–water partition coefficient (Wildman–Crippen LogP) is 3.35. The van der Waals surface area contributed by atoms with Gasteiger partial charge in [0, 0.05) is 48.8 Å². The van der Waals surface area contributed by atoms with Crippen molar-refractivity contribution in [2.24, 2.45) is 0 Å². The molecule has 1 aromatic carbocycles. The van der Waals surface area contributed by atoms with Crippen molar-refractivity contribution in [3.05, 3.63) is 64.5 Å². The number of aryl methyl sites for hydroxylation is 1. The van der Waals surface area contributed by atoms with Crippen molar-refractivity contribution in [1.82, 2.24) is 20.4 Å². The first-order chi connectivity index (χ1) is 13.6. The second-order valence-corrected chi connectivity index (χ2v) is 7.36. The minimum absolute atomic E-state index is 0.0280. The van der Waals surface area contributed by atoms with Crippen LogP contribution >= 0.6 is 11.3 Å². The van der Waals surface area contributed by atoms with Gasteiger partial charge in [-0.1, -0.05) is 30.3 Å². The molecule has 0 bridgehead atoms. The highest BCUT2D eigenvalue weighted by atomic mass is 32.1. The van der Waals surface area contributed by atoms with Crippen LogP contribution in [0.1, 0.15) is 28.9 Å². The van der Waals surface area contributed by atoms with Crippen LogP contribution in [0, 0.1) is 0 Å². The van der Waals surface area contributed by atoms with Gasteiger partial charge in [-0.3, -0.25) is 14.7 Å². The Labute approximate surface area is 168 Å². The Hall–Kier alpha value is -2.93. The average Bonchev–Trinajstić information content (AvgIpc) is 3.41. The lowest BCUT2D eigenvalue weighted by molar-refractivity contribution is -0.129. The van der Waals surface area contributed by atoms with E-state index in [1.807, 2.05) is 35.7 Å². The van der Waals surface area contributed by atoms with Gasteiger partial charge < -0.3 is 10.2 Å². The standard InChI is InChI=1S/C21H24N4O2S/c1-25(20(26)9-11-22-21(27)17-10-13-28-15-17)12-5-8-18-14-19(24-23-18)16-6-3-2-4-7-16/h2-4,6-7,10,13-15H,5,8-9,11-12H2,1H3,(H,22,27)(H,23,24). The molecule has 146 valence electrons. The summed E-state index contributed by atoms with van der Waals surface area (Å²) >= 11 is 1.48. The van der Waals surface area contributed by atoms with E-state index < -0.39 is 0 Å². The van der Waals surface area contributed by atoms with Crippen LogP contribution in [0.2, 0.25) is 0 Å². The SMILES string of the molecule is CN(CCCc1cc(-c2ccccc2)n[nH]1)C(=O)CCNC(=O)c1ccsc1. The van der Waals surface area contributed by atoms with Crippen LogP contribution in [0.5, 0.6) is 0 Å². The molecule has 0 saturated carbocycles. The number of hydrogen-bond donors (Lipinski definition) is 2. The highest BCUT2D eigenvalue weighted by Crippen LogP contribution is 2.17. The normalized spacial score (nSPS) is 10.6. The van der Waals surface area contributed by atoms with Crippen molar-refractivity contribution in [3.63, 3.8) is 0 Å². The molecule has 0 fully saturated rings. The van der Waals surface area contributed by atoms with Crippen molar-refractivity contribution in [1.29, 1.82) is 0 Å². The second kappa shape index (κ2) is 9.85. The molecule has 3 aromatic rings. The molecular weight excluding hydrogens is 372 g/mol. The van der Waals surface area contributed by atoms with Gasteiger partial charge in [-0.05, 0) is 30.4 Å². The summed E-state index contributed by atoms with van der Waals surface area (Å²) in [6, 6.07) is 13.9. The Morgan fingerprint density at radius 3 is 2.79 bits per heavy atom. The van der Waals surface area contributed by atoms with Gasteiger partial charge in [-0.2, -0.15) is 16.4 Å². The second-order valence-electron chi connectivity index (χ2n) is 6.58. The molecule has 2 amide bonds. The van der Waals surface area contributed by atoms with E-state index in [0.29, 0.717) is 25.1 Å². The first-order valence-corrected chi connectivity index (χ1v) is 10.2. The minimum Gasteiger partial charge on any atom is -0.351 e. The monoisotopic (exact) mass is 396 g/mol. The molecule has 0 unspecified atom stereocenters. The molecule has 0 aliphatic rings. The molecule has 0 spiro atoms. The first-order valence-electron chi connectivity index (χ1n) is 9.27. The number of aromatic nitrogens is 2. The van der Waals surface area contributed by atoms with E-state index in [2.05, 4.69) is 21.6 Å². The van der Waals surface area contributed by atoms with Crippen LogP contribution in [-0.2, 0) is 11.2 Å². The smallest absolute Gasteiger partial charge is 0.252 e. The van der Waals surface area contributed by atoms with Crippen molar-refractivity contribution in [3.8, 4) is 11.3 Å². The summed E-state index contributed by atoms with van der Waals surface area (Å²) in [6.45, 7) is 1.01. The Kier molecular flexibility index (Phi) is 6.97. The number of amides is 2. The zero-order valence-corrected chi connectivity index (χ0v) is 16.7. The van der Waals surface area contributed by atoms with Crippen LogP contribution in [-0.4, -0.2) is 47.0 Å². The van der Waals surface area contributed by atoms with E-state index in [1.165, 1.54) is 11.3 Å². The highest BCUT2D eigenvalue weighted by Gasteiger charge is 2.11. The number of nitrogens with zero attached hydrogens (tertiary/aromatic N) is 2. The summed E-state index contributed by atoms with van der Waals surface area (Å²) in [5.41, 5.74) is 3.71. The summed E-state index contributed by atoms with van der Waals surface area (Å²) in [5.74, 6) is -0.106. The van der Waals surface area contributed by atoms with Gasteiger partial charge in [-0.15, -0.1) is 0 Å². The predicted molar refractivity (Wildman–Crippen MR) is 111 cm³/mol. The molecule has 6 nitrogen and oxygen atoms in total. The molecule has 28 heavy (non-hydrogen) atoms. The van der Waals surface area contributed by atoms with Crippen LogP contribution in [0.25, 0.3) is 11.3 Å². The Morgan fingerprint density at radius 1 is 1.21 bits per heavy atom. The summed E-state index contributed by atoms with van der Waals surface area (Å²) in [4.78, 5) is 25.8. The fourth-order valence-electron chi connectivity index (χ4n) is 2.85. The van der Waals surface area contributed by atoms with Crippen LogP contribution in [0.4, 0.5) is 0 Å². The largest absolute Gasteiger partial charge is 0.351 e. The van der Waals surface area contributed by atoms with Gasteiger partial charge in [0.15, 0.2) is 0 Å². The van der Waals surface area contributed by atoms with Gasteiger partial charge >= 0.3 is 0 Å². The highest BCUT2D eigenvalue weighted by molar-refractivity contribution is 7.08. The number of H-pyrrole nitrogens is 1. The maximum absolute atomic E-state index is 12.2. The molecule has 3 rings (SSSR count). The van der Waals surface area contributed by atoms with Crippen LogP contribution in [0.3, 0.4) is 0 Å². The number of thiophene rings is 1. The fraction of sp³-hybridized carbons (Fsp3) is 0.286. The molecule has 2 heterocycles. The fourth-order valence-corrected chi connectivity index (χ4v) is 3.48. The van der Waals surface area contributed by atoms with Crippen LogP contribution in [0.15, 0.2) is 53.2 Å². The number of hydrogen-bond acceptors (Lipinski definition) is 4. The van der Waals surface area contributed by atoms with Crippen LogP contribution < -0.4 is 5.32 Å². The topological polar surface area (TPSA) is 78.1 Å². The molecule has 0 saturated heterocycles.